The number of rotatable bonds is 9. The molecule has 2 aromatic rings. The molecule has 0 radical (unpaired) electrons. The van der Waals surface area contributed by atoms with Crippen LogP contribution in [0.5, 0.6) is 0 Å². The van der Waals surface area contributed by atoms with Crippen LogP contribution in [0.1, 0.15) is 60.2 Å². The second-order valence-electron chi connectivity index (χ2n) is 7.11. The molecular weight excluding hydrogens is 364 g/mol. The first kappa shape index (κ1) is 22.4. The monoisotopic (exact) mass is 396 g/mol. The molecule has 1 aromatic carbocycles. The Bertz CT molecular complexity index is 847. The summed E-state index contributed by atoms with van der Waals surface area (Å²) < 4.78 is 0. The Hall–Kier alpha value is -2.89. The first-order valence-corrected chi connectivity index (χ1v) is 10.3. The van der Waals surface area contributed by atoms with Crippen LogP contribution >= 0.6 is 0 Å². The van der Waals surface area contributed by atoms with Gasteiger partial charge in [-0.3, -0.25) is 9.59 Å². The molecule has 0 aliphatic carbocycles. The second-order valence-corrected chi connectivity index (χ2v) is 7.11. The predicted molar refractivity (Wildman–Crippen MR) is 119 cm³/mol. The van der Waals surface area contributed by atoms with Crippen molar-refractivity contribution >= 4 is 23.2 Å². The quantitative estimate of drug-likeness (QED) is 0.684. The van der Waals surface area contributed by atoms with Crippen LogP contribution in [0.3, 0.4) is 0 Å². The van der Waals surface area contributed by atoms with Crippen molar-refractivity contribution < 1.29 is 9.59 Å². The Morgan fingerprint density at radius 3 is 2.34 bits per heavy atom. The van der Waals surface area contributed by atoms with Crippen molar-refractivity contribution in [3.05, 3.63) is 53.3 Å². The molecule has 0 saturated carbocycles. The Kier molecular flexibility index (Phi) is 8.19. The van der Waals surface area contributed by atoms with Crippen molar-refractivity contribution in [1.82, 2.24) is 9.88 Å². The summed E-state index contributed by atoms with van der Waals surface area (Å²) >= 11 is 0. The molecule has 1 heterocycles. The van der Waals surface area contributed by atoms with Crippen LogP contribution in [0.4, 0.5) is 11.4 Å². The van der Waals surface area contributed by atoms with Crippen LogP contribution in [0.2, 0.25) is 0 Å². The number of carbonyl (C=O) groups excluding carboxylic acids is 2. The molecular formula is C23H32N4O2. The fourth-order valence-corrected chi connectivity index (χ4v) is 3.13. The summed E-state index contributed by atoms with van der Waals surface area (Å²) in [5.74, 6) is -0.498. The third kappa shape index (κ3) is 5.79. The number of aryl methyl sites for hydroxylation is 1. The lowest BCUT2D eigenvalue weighted by molar-refractivity contribution is 0.0787. The van der Waals surface area contributed by atoms with Gasteiger partial charge < -0.3 is 15.1 Å². The molecule has 0 aliphatic rings. The number of nitrogens with one attached hydrogen (secondary N) is 1. The van der Waals surface area contributed by atoms with E-state index in [9.17, 15) is 9.59 Å². The van der Waals surface area contributed by atoms with E-state index in [-0.39, 0.29) is 23.2 Å². The third-order valence-electron chi connectivity index (χ3n) is 4.98. The van der Waals surface area contributed by atoms with Gasteiger partial charge in [0.05, 0.1) is 0 Å². The zero-order valence-corrected chi connectivity index (χ0v) is 18.2. The molecule has 0 fully saturated rings. The third-order valence-corrected chi connectivity index (χ3v) is 4.98. The van der Waals surface area contributed by atoms with Crippen molar-refractivity contribution in [1.29, 1.82) is 0 Å². The zero-order chi connectivity index (χ0) is 21.4. The van der Waals surface area contributed by atoms with Crippen LogP contribution in [-0.4, -0.2) is 48.4 Å². The Labute approximate surface area is 173 Å². The lowest BCUT2D eigenvalue weighted by atomic mass is 10.1. The fraction of sp³-hybridized carbons (Fsp3) is 0.435. The number of pyridine rings is 1. The van der Waals surface area contributed by atoms with E-state index in [2.05, 4.69) is 42.0 Å². The van der Waals surface area contributed by atoms with Crippen molar-refractivity contribution in [2.24, 2.45) is 0 Å². The molecule has 0 aliphatic heterocycles. The molecule has 0 saturated heterocycles. The van der Waals surface area contributed by atoms with Gasteiger partial charge in [0.25, 0.3) is 11.8 Å². The van der Waals surface area contributed by atoms with Crippen LogP contribution < -0.4 is 10.2 Å². The highest BCUT2D eigenvalue weighted by atomic mass is 16.2. The van der Waals surface area contributed by atoms with Gasteiger partial charge in [0.2, 0.25) is 0 Å². The Morgan fingerprint density at radius 1 is 1.03 bits per heavy atom. The molecule has 1 aromatic heterocycles. The molecule has 0 unspecified atom stereocenters. The van der Waals surface area contributed by atoms with Crippen LogP contribution in [0, 0.1) is 6.92 Å². The largest absolute Gasteiger partial charge is 0.372 e. The summed E-state index contributed by atoms with van der Waals surface area (Å²) in [5.41, 5.74) is 3.36. The minimum Gasteiger partial charge on any atom is -0.372 e. The molecule has 0 atom stereocenters. The van der Waals surface area contributed by atoms with E-state index >= 15 is 0 Å². The number of benzene rings is 1. The summed E-state index contributed by atoms with van der Waals surface area (Å²) in [5, 5.41) is 2.91. The fourth-order valence-electron chi connectivity index (χ4n) is 3.13. The molecule has 29 heavy (non-hydrogen) atoms. The summed E-state index contributed by atoms with van der Waals surface area (Å²) in [4.78, 5) is 33.4. The Morgan fingerprint density at radius 2 is 1.72 bits per heavy atom. The molecule has 2 rings (SSSR count). The number of aromatic nitrogens is 1. The lowest BCUT2D eigenvalue weighted by Gasteiger charge is -2.22. The van der Waals surface area contributed by atoms with Gasteiger partial charge in [-0.25, -0.2) is 4.98 Å². The van der Waals surface area contributed by atoms with E-state index in [0.717, 1.165) is 42.9 Å². The van der Waals surface area contributed by atoms with Crippen molar-refractivity contribution in [3.8, 4) is 0 Å². The lowest BCUT2D eigenvalue weighted by Crippen LogP contribution is -2.29. The van der Waals surface area contributed by atoms with E-state index in [1.165, 1.54) is 0 Å². The van der Waals surface area contributed by atoms with Gasteiger partial charge in [-0.05, 0) is 63.1 Å². The van der Waals surface area contributed by atoms with Crippen molar-refractivity contribution in [3.63, 3.8) is 0 Å². The molecule has 1 N–H and O–H groups in total. The molecule has 2 amide bonds. The SMILES string of the molecule is CCCCN(C)C(=O)c1cccc(C(=O)Nc2ccc(N(CC)CC)cc2C)n1. The van der Waals surface area contributed by atoms with Gasteiger partial charge in [0.1, 0.15) is 11.4 Å². The van der Waals surface area contributed by atoms with E-state index in [4.69, 9.17) is 0 Å². The highest BCUT2D eigenvalue weighted by Gasteiger charge is 2.16. The standard InChI is InChI=1S/C23H32N4O2/c1-6-9-15-26(5)23(29)21-12-10-11-20(24-21)22(28)25-19-14-13-18(16-17(19)4)27(7-2)8-3/h10-14,16H,6-9,15H2,1-5H3,(H,25,28). The minimum atomic E-state index is -0.324. The summed E-state index contributed by atoms with van der Waals surface area (Å²) in [6.45, 7) is 10.8. The van der Waals surface area contributed by atoms with Gasteiger partial charge >= 0.3 is 0 Å². The summed E-state index contributed by atoms with van der Waals surface area (Å²) in [6, 6.07) is 10.9. The average Bonchev–Trinajstić information content (AvgIpc) is 2.74. The first-order valence-electron chi connectivity index (χ1n) is 10.3. The topological polar surface area (TPSA) is 65.5 Å². The number of hydrogen-bond donors (Lipinski definition) is 1. The average molecular weight is 397 g/mol. The number of carbonyl (C=O) groups is 2. The summed E-state index contributed by atoms with van der Waals surface area (Å²) in [6.07, 6.45) is 1.95. The second kappa shape index (κ2) is 10.6. The van der Waals surface area contributed by atoms with Crippen LogP contribution in [0.15, 0.2) is 36.4 Å². The molecule has 156 valence electrons. The van der Waals surface area contributed by atoms with E-state index < -0.39 is 0 Å². The molecule has 6 nitrogen and oxygen atoms in total. The maximum absolute atomic E-state index is 12.7. The number of anilines is 2. The zero-order valence-electron chi connectivity index (χ0n) is 18.2. The first-order chi connectivity index (χ1) is 13.9. The maximum Gasteiger partial charge on any atom is 0.274 e. The van der Waals surface area contributed by atoms with Crippen molar-refractivity contribution in [2.45, 2.75) is 40.5 Å². The number of unbranched alkanes of at least 4 members (excludes halogenated alkanes) is 1. The van der Waals surface area contributed by atoms with Crippen molar-refractivity contribution in [2.75, 3.05) is 36.9 Å². The number of nitrogens with zero attached hydrogens (tertiary/aromatic N) is 3. The van der Waals surface area contributed by atoms with E-state index in [1.54, 1.807) is 30.1 Å². The normalized spacial score (nSPS) is 10.5. The van der Waals surface area contributed by atoms with Crippen LogP contribution in [0.25, 0.3) is 0 Å². The van der Waals surface area contributed by atoms with Gasteiger partial charge in [0, 0.05) is 38.1 Å². The highest BCUT2D eigenvalue weighted by Crippen LogP contribution is 2.23. The smallest absolute Gasteiger partial charge is 0.274 e. The summed E-state index contributed by atoms with van der Waals surface area (Å²) in [7, 11) is 1.76. The molecule has 6 heteroatoms. The van der Waals surface area contributed by atoms with Gasteiger partial charge in [-0.15, -0.1) is 0 Å². The maximum atomic E-state index is 12.7. The molecule has 0 spiro atoms. The minimum absolute atomic E-state index is 0.173. The number of hydrogen-bond acceptors (Lipinski definition) is 4. The van der Waals surface area contributed by atoms with E-state index in [1.807, 2.05) is 19.1 Å². The van der Waals surface area contributed by atoms with Crippen LogP contribution in [-0.2, 0) is 0 Å². The Balaban J connectivity index is 2.14. The predicted octanol–water partition coefficient (Wildman–Crippen LogP) is 4.36. The van der Waals surface area contributed by atoms with E-state index in [0.29, 0.717) is 6.54 Å². The highest BCUT2D eigenvalue weighted by molar-refractivity contribution is 6.04. The molecule has 0 bridgehead atoms. The van der Waals surface area contributed by atoms with Gasteiger partial charge in [0.15, 0.2) is 0 Å². The van der Waals surface area contributed by atoms with Gasteiger partial charge in [-0.1, -0.05) is 19.4 Å². The number of amides is 2. The van der Waals surface area contributed by atoms with Gasteiger partial charge in [-0.2, -0.15) is 0 Å².